The average Bonchev–Trinajstić information content (AvgIpc) is 2.68. The number of allylic oxidation sites excluding steroid dienone is 6. The standard InChI is InChI=1S/C23H28N2O4/c1-15(2)9-23(28)29-20-6-3-16(4-7-20)10-18(13-24)19(14-25)11-17-5-8-21(26)22(27)12-17/h9-12,16,20-22,26-27H,3-8H2,1-2H3/b18-10+,19-11-. The van der Waals surface area contributed by atoms with Gasteiger partial charge in [-0.1, -0.05) is 17.7 Å². The number of carbonyl (C=O) groups excluding carboxylic acids is 1. The van der Waals surface area contributed by atoms with Gasteiger partial charge in [0.05, 0.1) is 23.4 Å². The highest BCUT2D eigenvalue weighted by Crippen LogP contribution is 2.30. The molecule has 2 aliphatic carbocycles. The van der Waals surface area contributed by atoms with Crippen LogP contribution in [0.4, 0.5) is 0 Å². The van der Waals surface area contributed by atoms with Crippen molar-refractivity contribution in [1.29, 1.82) is 10.5 Å². The van der Waals surface area contributed by atoms with Crippen LogP contribution in [-0.4, -0.2) is 34.5 Å². The number of esters is 1. The van der Waals surface area contributed by atoms with E-state index < -0.39 is 12.2 Å². The fourth-order valence-corrected chi connectivity index (χ4v) is 3.61. The molecule has 0 amide bonds. The second-order valence-electron chi connectivity index (χ2n) is 7.90. The molecule has 0 radical (unpaired) electrons. The number of hydrogen-bond donors (Lipinski definition) is 2. The van der Waals surface area contributed by atoms with E-state index in [-0.39, 0.29) is 23.6 Å². The second kappa shape index (κ2) is 10.8. The highest BCUT2D eigenvalue weighted by Gasteiger charge is 2.24. The molecule has 2 N–H and O–H groups in total. The van der Waals surface area contributed by atoms with Crippen LogP contribution in [0, 0.1) is 28.6 Å². The Labute approximate surface area is 172 Å². The van der Waals surface area contributed by atoms with Gasteiger partial charge in [0.15, 0.2) is 0 Å². The number of nitrogens with zero attached hydrogens (tertiary/aromatic N) is 2. The summed E-state index contributed by atoms with van der Waals surface area (Å²) in [6, 6.07) is 4.19. The number of rotatable bonds is 5. The first-order valence-electron chi connectivity index (χ1n) is 9.98. The van der Waals surface area contributed by atoms with Crippen LogP contribution in [0.15, 0.2) is 46.6 Å². The van der Waals surface area contributed by atoms with Gasteiger partial charge in [-0.25, -0.2) is 4.79 Å². The highest BCUT2D eigenvalue weighted by molar-refractivity contribution is 5.82. The van der Waals surface area contributed by atoms with Crippen LogP contribution >= 0.6 is 0 Å². The molecular formula is C23H28N2O4. The van der Waals surface area contributed by atoms with Gasteiger partial charge in [-0.3, -0.25) is 0 Å². The molecule has 0 bridgehead atoms. The Morgan fingerprint density at radius 1 is 1.10 bits per heavy atom. The maximum atomic E-state index is 11.8. The van der Waals surface area contributed by atoms with Crippen molar-refractivity contribution in [3.63, 3.8) is 0 Å². The molecule has 6 heteroatoms. The van der Waals surface area contributed by atoms with Crippen molar-refractivity contribution in [1.82, 2.24) is 0 Å². The summed E-state index contributed by atoms with van der Waals surface area (Å²) in [6.45, 7) is 3.69. The normalized spacial score (nSPS) is 27.9. The third kappa shape index (κ3) is 7.02. The van der Waals surface area contributed by atoms with Gasteiger partial charge >= 0.3 is 5.97 Å². The maximum Gasteiger partial charge on any atom is 0.330 e. The first-order chi connectivity index (χ1) is 13.8. The van der Waals surface area contributed by atoms with Crippen LogP contribution in [-0.2, 0) is 9.53 Å². The highest BCUT2D eigenvalue weighted by atomic mass is 16.5. The fourth-order valence-electron chi connectivity index (χ4n) is 3.61. The van der Waals surface area contributed by atoms with Crippen LogP contribution in [0.1, 0.15) is 52.4 Å². The van der Waals surface area contributed by atoms with E-state index in [0.29, 0.717) is 18.4 Å². The number of aliphatic hydroxyl groups is 2. The summed E-state index contributed by atoms with van der Waals surface area (Å²) in [5, 5.41) is 38.4. The van der Waals surface area contributed by atoms with Crippen LogP contribution in [0.2, 0.25) is 0 Å². The van der Waals surface area contributed by atoms with Crippen LogP contribution in [0.5, 0.6) is 0 Å². The van der Waals surface area contributed by atoms with E-state index in [2.05, 4.69) is 12.1 Å². The van der Waals surface area contributed by atoms with Crippen molar-refractivity contribution in [2.45, 2.75) is 70.7 Å². The molecule has 154 valence electrons. The molecule has 0 aromatic heterocycles. The third-order valence-corrected chi connectivity index (χ3v) is 5.18. The molecule has 2 aliphatic rings. The smallest absolute Gasteiger partial charge is 0.330 e. The van der Waals surface area contributed by atoms with Gasteiger partial charge in [0.1, 0.15) is 18.2 Å². The zero-order valence-electron chi connectivity index (χ0n) is 17.0. The summed E-state index contributed by atoms with van der Waals surface area (Å²) in [7, 11) is 0. The molecule has 0 aromatic rings. The van der Waals surface area contributed by atoms with Crippen molar-refractivity contribution in [3.05, 3.63) is 46.6 Å². The van der Waals surface area contributed by atoms with Crippen LogP contribution in [0.3, 0.4) is 0 Å². The largest absolute Gasteiger partial charge is 0.459 e. The third-order valence-electron chi connectivity index (χ3n) is 5.18. The molecule has 0 saturated heterocycles. The molecule has 6 nitrogen and oxygen atoms in total. The summed E-state index contributed by atoms with van der Waals surface area (Å²) in [6.07, 6.45) is 8.60. The monoisotopic (exact) mass is 396 g/mol. The van der Waals surface area contributed by atoms with E-state index in [1.807, 2.05) is 19.9 Å². The summed E-state index contributed by atoms with van der Waals surface area (Å²) in [5.41, 5.74) is 2.23. The van der Waals surface area contributed by atoms with Crippen LogP contribution in [0.25, 0.3) is 0 Å². The van der Waals surface area contributed by atoms with Gasteiger partial charge in [-0.05, 0) is 69.9 Å². The second-order valence-corrected chi connectivity index (χ2v) is 7.90. The van der Waals surface area contributed by atoms with E-state index in [1.165, 1.54) is 12.2 Å². The Hall–Kier alpha value is -2.67. The lowest BCUT2D eigenvalue weighted by Gasteiger charge is -2.26. The summed E-state index contributed by atoms with van der Waals surface area (Å²) in [5.74, 6) is -0.169. The first-order valence-corrected chi connectivity index (χ1v) is 9.98. The van der Waals surface area contributed by atoms with E-state index >= 15 is 0 Å². The molecular weight excluding hydrogens is 368 g/mol. The van der Waals surface area contributed by atoms with E-state index in [9.17, 15) is 25.5 Å². The van der Waals surface area contributed by atoms with Crippen molar-refractivity contribution in [2.24, 2.45) is 5.92 Å². The molecule has 29 heavy (non-hydrogen) atoms. The van der Waals surface area contributed by atoms with Gasteiger partial charge in [0.2, 0.25) is 0 Å². The summed E-state index contributed by atoms with van der Waals surface area (Å²) < 4.78 is 5.45. The van der Waals surface area contributed by atoms with Gasteiger partial charge in [-0.2, -0.15) is 10.5 Å². The van der Waals surface area contributed by atoms with Crippen LogP contribution < -0.4 is 0 Å². The quantitative estimate of drug-likeness (QED) is 0.319. The molecule has 0 heterocycles. The number of aliphatic hydroxyl groups excluding tert-OH is 2. The lowest BCUT2D eigenvalue weighted by molar-refractivity contribution is -0.144. The zero-order valence-corrected chi connectivity index (χ0v) is 17.0. The van der Waals surface area contributed by atoms with Gasteiger partial charge in [-0.15, -0.1) is 0 Å². The number of carbonyl (C=O) groups is 1. The minimum Gasteiger partial charge on any atom is -0.459 e. The number of nitriles is 2. The topological polar surface area (TPSA) is 114 Å². The SMILES string of the molecule is CC(C)=CC(=O)OC1CCC(/C=C(C#N)/C(C#N)=C\C2=CC(O)C(O)CC2)CC1. The van der Waals surface area contributed by atoms with E-state index in [4.69, 9.17) is 4.74 Å². The molecule has 0 aromatic carbocycles. The van der Waals surface area contributed by atoms with Gasteiger partial charge < -0.3 is 14.9 Å². The lowest BCUT2D eigenvalue weighted by Crippen LogP contribution is -2.27. The maximum absolute atomic E-state index is 11.8. The predicted molar refractivity (Wildman–Crippen MR) is 108 cm³/mol. The predicted octanol–water partition coefficient (Wildman–Crippen LogP) is 3.40. The molecule has 2 rings (SSSR count). The summed E-state index contributed by atoms with van der Waals surface area (Å²) >= 11 is 0. The Morgan fingerprint density at radius 2 is 1.76 bits per heavy atom. The zero-order chi connectivity index (χ0) is 21.4. The molecule has 0 spiro atoms. The molecule has 2 atom stereocenters. The van der Waals surface area contributed by atoms with Gasteiger partial charge in [0.25, 0.3) is 0 Å². The molecule has 2 unspecified atom stereocenters. The summed E-state index contributed by atoms with van der Waals surface area (Å²) in [4.78, 5) is 11.8. The molecule has 1 fully saturated rings. The van der Waals surface area contributed by atoms with Crippen molar-refractivity contribution in [3.8, 4) is 12.1 Å². The lowest BCUT2D eigenvalue weighted by atomic mass is 9.85. The van der Waals surface area contributed by atoms with Gasteiger partial charge in [0, 0.05) is 6.08 Å². The average molecular weight is 396 g/mol. The Kier molecular flexibility index (Phi) is 8.39. The fraction of sp³-hybridized carbons (Fsp3) is 0.522. The van der Waals surface area contributed by atoms with Crippen molar-refractivity contribution >= 4 is 5.97 Å². The van der Waals surface area contributed by atoms with E-state index in [0.717, 1.165) is 36.8 Å². The number of ether oxygens (including phenoxy) is 1. The Balaban J connectivity index is 2.03. The van der Waals surface area contributed by atoms with E-state index in [1.54, 1.807) is 6.08 Å². The number of hydrogen-bond acceptors (Lipinski definition) is 6. The Morgan fingerprint density at radius 3 is 2.31 bits per heavy atom. The van der Waals surface area contributed by atoms with Crippen molar-refractivity contribution < 1.29 is 19.7 Å². The minimum absolute atomic E-state index is 0.112. The van der Waals surface area contributed by atoms with Crippen molar-refractivity contribution in [2.75, 3.05) is 0 Å². The minimum atomic E-state index is -0.950. The Bertz CT molecular complexity index is 811. The first kappa shape index (κ1) is 22.6. The molecule has 0 aliphatic heterocycles. The molecule has 1 saturated carbocycles.